The molecule has 0 saturated carbocycles. The van der Waals surface area contributed by atoms with E-state index >= 15 is 0 Å². The number of hydrogen-bond acceptors (Lipinski definition) is 6. The lowest BCUT2D eigenvalue weighted by Crippen LogP contribution is -2.35. The molecule has 6 rings (SSSR count). The lowest BCUT2D eigenvalue weighted by molar-refractivity contribution is 0.0941. The first kappa shape index (κ1) is 28.1. The number of amides is 1. The van der Waals surface area contributed by atoms with Crippen molar-refractivity contribution in [2.45, 2.75) is 39.2 Å². The lowest BCUT2D eigenvalue weighted by Gasteiger charge is -2.28. The maximum Gasteiger partial charge on any atom is 0.300 e. The predicted octanol–water partition coefficient (Wildman–Crippen LogP) is 3.26. The Bertz CT molecular complexity index is 2110. The van der Waals surface area contributed by atoms with E-state index in [2.05, 4.69) is 30.8 Å². The van der Waals surface area contributed by atoms with Crippen molar-refractivity contribution in [3.8, 4) is 18.0 Å². The van der Waals surface area contributed by atoms with Crippen LogP contribution in [-0.2, 0) is 23.1 Å². The topological polar surface area (TPSA) is 139 Å². The van der Waals surface area contributed by atoms with Gasteiger partial charge in [-0.3, -0.25) is 18.9 Å². The van der Waals surface area contributed by atoms with Crippen LogP contribution >= 0.6 is 0 Å². The van der Waals surface area contributed by atoms with E-state index in [4.69, 9.17) is 6.42 Å². The third-order valence-electron chi connectivity index (χ3n) is 7.55. The number of fused-ring (bicyclic) bond motifs is 1. The zero-order valence-electron chi connectivity index (χ0n) is 23.6. The first-order valence-electron chi connectivity index (χ1n) is 13.9. The van der Waals surface area contributed by atoms with Crippen molar-refractivity contribution >= 4 is 38.4 Å². The van der Waals surface area contributed by atoms with Crippen molar-refractivity contribution < 1.29 is 13.2 Å². The highest BCUT2D eigenvalue weighted by Gasteiger charge is 2.30. The van der Waals surface area contributed by atoms with Gasteiger partial charge in [0.15, 0.2) is 11.5 Å². The average Bonchev–Trinajstić information content (AvgIpc) is 3.35. The minimum Gasteiger partial charge on any atom is -0.344 e. The molecule has 11 nitrogen and oxygen atoms in total. The van der Waals surface area contributed by atoms with Gasteiger partial charge in [0.1, 0.15) is 5.56 Å². The molecule has 3 N–H and O–H groups in total. The number of para-hydroxylation sites is 1. The second kappa shape index (κ2) is 11.0. The Balaban J connectivity index is 1.53. The molecule has 0 spiro atoms. The molecule has 218 valence electrons. The molecule has 5 aromatic rings. The number of hydrogen-bond donors (Lipinski definition) is 3. The van der Waals surface area contributed by atoms with E-state index < -0.39 is 22.2 Å². The van der Waals surface area contributed by atoms with Crippen LogP contribution in [0.4, 0.5) is 5.82 Å². The minimum atomic E-state index is -4.00. The number of aromatic nitrogens is 4. The molecule has 3 heterocycles. The number of terminal acetylenes is 1. The summed E-state index contributed by atoms with van der Waals surface area (Å²) in [6.07, 6.45) is 11.3. The Morgan fingerprint density at radius 1 is 1.12 bits per heavy atom. The molecule has 12 heteroatoms. The summed E-state index contributed by atoms with van der Waals surface area (Å²) in [6.45, 7) is 3.58. The van der Waals surface area contributed by atoms with Gasteiger partial charge < -0.3 is 5.32 Å². The molecular formula is C31H29N7O4S. The molecule has 0 unspecified atom stereocenters. The third-order valence-corrected chi connectivity index (χ3v) is 8.68. The molecule has 43 heavy (non-hydrogen) atoms. The fourth-order valence-corrected chi connectivity index (χ4v) is 6.73. The van der Waals surface area contributed by atoms with Gasteiger partial charge in [-0.15, -0.1) is 11.5 Å². The summed E-state index contributed by atoms with van der Waals surface area (Å²) in [5.74, 6) is 1.90. The zero-order chi connectivity index (χ0) is 30.3. The summed E-state index contributed by atoms with van der Waals surface area (Å²) >= 11 is 0. The second-order valence-corrected chi connectivity index (χ2v) is 11.8. The second-order valence-electron chi connectivity index (χ2n) is 10.3. The number of benzene rings is 2. The zero-order valence-corrected chi connectivity index (χ0v) is 24.4. The van der Waals surface area contributed by atoms with Crippen molar-refractivity contribution in [2.24, 2.45) is 0 Å². The van der Waals surface area contributed by atoms with Gasteiger partial charge in [-0.25, -0.2) is 9.50 Å². The van der Waals surface area contributed by atoms with E-state index in [1.54, 1.807) is 30.7 Å². The van der Waals surface area contributed by atoms with Crippen molar-refractivity contribution in [1.29, 1.82) is 0 Å². The quantitative estimate of drug-likeness (QED) is 0.235. The van der Waals surface area contributed by atoms with Crippen LogP contribution in [-0.4, -0.2) is 40.0 Å². The van der Waals surface area contributed by atoms with Crippen molar-refractivity contribution in [1.82, 2.24) is 29.2 Å². The smallest absolute Gasteiger partial charge is 0.300 e. The number of carbonyl (C=O) groups is 1. The maximum absolute atomic E-state index is 14.3. The van der Waals surface area contributed by atoms with E-state index in [9.17, 15) is 18.0 Å². The number of nitrogens with zero attached hydrogens (tertiary/aromatic N) is 4. The van der Waals surface area contributed by atoms with Crippen LogP contribution < -0.4 is 20.3 Å². The summed E-state index contributed by atoms with van der Waals surface area (Å²) in [5, 5.41) is 8.61. The molecule has 0 radical (unpaired) electrons. The third kappa shape index (κ3) is 4.92. The van der Waals surface area contributed by atoms with Gasteiger partial charge >= 0.3 is 0 Å². The first-order valence-corrected chi connectivity index (χ1v) is 15.4. The molecule has 1 aliphatic carbocycles. The van der Waals surface area contributed by atoms with Crippen LogP contribution in [0.2, 0.25) is 0 Å². The molecule has 1 amide bonds. The van der Waals surface area contributed by atoms with Gasteiger partial charge in [0, 0.05) is 30.2 Å². The number of pyridine rings is 1. The van der Waals surface area contributed by atoms with Crippen LogP contribution in [0, 0.1) is 12.3 Å². The van der Waals surface area contributed by atoms with E-state index in [0.29, 0.717) is 28.8 Å². The van der Waals surface area contributed by atoms with Crippen molar-refractivity contribution in [3.05, 3.63) is 99.2 Å². The van der Waals surface area contributed by atoms with Gasteiger partial charge in [0.05, 0.1) is 17.1 Å². The fourth-order valence-electron chi connectivity index (χ4n) is 5.88. The Hall–Kier alpha value is -4.99. The number of nitrogens with one attached hydrogen (secondary N) is 3. The van der Waals surface area contributed by atoms with Crippen molar-refractivity contribution in [3.63, 3.8) is 0 Å². The SMILES string of the molecule is C#Cc1ccc2c3c(c([C@H](C)NC(=O)c4c(NS(=O)(=O)NCC)nn5cccnc45)n(-c4ccccc4)c(=O)c13)CCC2. The number of aryl methyl sites for hydroxylation is 2. The van der Waals surface area contributed by atoms with E-state index in [1.807, 2.05) is 42.5 Å². The summed E-state index contributed by atoms with van der Waals surface area (Å²) in [7, 11) is -4.00. The van der Waals surface area contributed by atoms with Gasteiger partial charge in [0.25, 0.3) is 21.7 Å². The van der Waals surface area contributed by atoms with E-state index in [0.717, 1.165) is 29.4 Å². The van der Waals surface area contributed by atoms with Gasteiger partial charge in [-0.05, 0) is 67.0 Å². The summed E-state index contributed by atoms with van der Waals surface area (Å²) in [5.41, 5.74) is 3.62. The molecule has 0 saturated heterocycles. The Kier molecular flexibility index (Phi) is 7.21. The lowest BCUT2D eigenvalue weighted by atomic mass is 9.85. The molecule has 1 aliphatic rings. The van der Waals surface area contributed by atoms with Gasteiger partial charge in [0.2, 0.25) is 0 Å². The maximum atomic E-state index is 14.3. The highest BCUT2D eigenvalue weighted by molar-refractivity contribution is 7.90. The van der Waals surface area contributed by atoms with Crippen LogP contribution in [0.25, 0.3) is 22.1 Å². The van der Waals surface area contributed by atoms with Crippen LogP contribution in [0.15, 0.2) is 65.7 Å². The molecule has 3 aromatic heterocycles. The van der Waals surface area contributed by atoms with Gasteiger partial charge in [-0.2, -0.15) is 13.1 Å². The normalized spacial score (nSPS) is 13.5. The first-order chi connectivity index (χ1) is 20.7. The monoisotopic (exact) mass is 595 g/mol. The highest BCUT2D eigenvalue weighted by Crippen LogP contribution is 2.35. The standard InChI is InChI=1S/C31H29N7O4S/c1-4-20-15-16-21-11-9-14-23-24(21)25(20)31(40)38(22-12-7-6-8-13-22)27(23)19(3)34-30(39)26-28(36-43(41,42)33-5-2)35-37-18-10-17-32-29(26)37/h1,6-8,10,12-13,15-19,33H,5,9,11,14H2,2-3H3,(H,34,39)(H,35,36)/t19-/m0/s1. The molecule has 2 aromatic carbocycles. The van der Waals surface area contributed by atoms with Crippen LogP contribution in [0.1, 0.15) is 59.1 Å². The summed E-state index contributed by atoms with van der Waals surface area (Å²) in [4.78, 5) is 32.5. The average molecular weight is 596 g/mol. The molecule has 1 atom stereocenters. The number of carbonyl (C=O) groups excluding carboxylic acids is 1. The largest absolute Gasteiger partial charge is 0.344 e. The Morgan fingerprint density at radius 3 is 2.65 bits per heavy atom. The van der Waals surface area contributed by atoms with E-state index in [-0.39, 0.29) is 29.1 Å². The Morgan fingerprint density at radius 2 is 1.91 bits per heavy atom. The summed E-state index contributed by atoms with van der Waals surface area (Å²) < 4.78 is 32.8. The Labute approximate surface area is 248 Å². The fraction of sp³-hybridized carbons (Fsp3) is 0.226. The molecule has 0 fully saturated rings. The molecule has 0 bridgehead atoms. The summed E-state index contributed by atoms with van der Waals surface area (Å²) in [6, 6.07) is 14.0. The highest BCUT2D eigenvalue weighted by atomic mass is 32.2. The van der Waals surface area contributed by atoms with Crippen molar-refractivity contribution in [2.75, 3.05) is 11.3 Å². The van der Waals surface area contributed by atoms with Crippen LogP contribution in [0.3, 0.4) is 0 Å². The predicted molar refractivity (Wildman–Crippen MR) is 165 cm³/mol. The van der Waals surface area contributed by atoms with E-state index in [1.165, 1.54) is 10.7 Å². The molecular weight excluding hydrogens is 566 g/mol. The van der Waals surface area contributed by atoms with Gasteiger partial charge in [-0.1, -0.05) is 37.1 Å². The molecule has 0 aliphatic heterocycles. The number of anilines is 1. The van der Waals surface area contributed by atoms with Crippen LogP contribution in [0.5, 0.6) is 0 Å². The minimum absolute atomic E-state index is 0.0488. The number of rotatable bonds is 8.